The van der Waals surface area contributed by atoms with E-state index >= 15 is 0 Å². The van der Waals surface area contributed by atoms with Gasteiger partial charge in [-0.25, -0.2) is 0 Å². The first-order chi connectivity index (χ1) is 9.31. The lowest BCUT2D eigenvalue weighted by atomic mass is 9.80. The first-order valence-corrected chi connectivity index (χ1v) is 8.59. The van der Waals surface area contributed by atoms with Gasteiger partial charge in [0.1, 0.15) is 5.92 Å². The number of nitrogens with one attached hydrogen (secondary N) is 1. The minimum absolute atomic E-state index is 0.178. The van der Waals surface area contributed by atoms with E-state index in [9.17, 15) is 9.59 Å². The third-order valence-corrected chi connectivity index (χ3v) is 4.90. The molecule has 0 heterocycles. The number of carbonyl (C=O) groups excluding carboxylic acids is 2. The summed E-state index contributed by atoms with van der Waals surface area (Å²) in [6.45, 7) is 7.75. The van der Waals surface area contributed by atoms with Crippen molar-refractivity contribution in [3.05, 3.63) is 0 Å². The molecule has 0 aliphatic heterocycles. The Kier molecular flexibility index (Phi) is 6.37. The van der Waals surface area contributed by atoms with Gasteiger partial charge in [-0.3, -0.25) is 9.59 Å². The number of amides is 1. The minimum Gasteiger partial charge on any atom is -0.465 e. The quantitative estimate of drug-likeness (QED) is 0.626. The lowest BCUT2D eigenvalue weighted by Gasteiger charge is -2.30. The lowest BCUT2D eigenvalue weighted by molar-refractivity contribution is -0.156. The van der Waals surface area contributed by atoms with Crippen molar-refractivity contribution in [3.63, 3.8) is 0 Å². The summed E-state index contributed by atoms with van der Waals surface area (Å²) in [6, 6.07) is 0.178. The molecule has 3 unspecified atom stereocenters. The summed E-state index contributed by atoms with van der Waals surface area (Å²) in [7, 11) is 0. The number of thioether (sulfide) groups is 1. The molecule has 0 radical (unpaired) electrons. The van der Waals surface area contributed by atoms with Crippen LogP contribution in [0.4, 0.5) is 0 Å². The first kappa shape index (κ1) is 17.3. The summed E-state index contributed by atoms with van der Waals surface area (Å²) in [5, 5.41) is 3.53. The highest BCUT2D eigenvalue weighted by Gasteiger charge is 2.40. The van der Waals surface area contributed by atoms with Crippen molar-refractivity contribution in [3.8, 4) is 0 Å². The summed E-state index contributed by atoms with van der Waals surface area (Å²) in [5.41, 5.74) is -0.441. The zero-order valence-corrected chi connectivity index (χ0v) is 14.0. The van der Waals surface area contributed by atoms with Gasteiger partial charge in [-0.1, -0.05) is 27.2 Å². The van der Waals surface area contributed by atoms with E-state index in [1.807, 2.05) is 20.8 Å². The normalized spacial score (nSPS) is 24.2. The molecule has 0 spiro atoms. The van der Waals surface area contributed by atoms with Crippen LogP contribution in [-0.4, -0.2) is 36.0 Å². The van der Waals surface area contributed by atoms with Crippen molar-refractivity contribution < 1.29 is 14.3 Å². The molecule has 1 saturated carbocycles. The monoisotopic (exact) mass is 301 g/mol. The average molecular weight is 301 g/mol. The molecule has 1 aliphatic carbocycles. The Morgan fingerprint density at radius 3 is 2.50 bits per heavy atom. The molecule has 1 aliphatic rings. The predicted molar refractivity (Wildman–Crippen MR) is 82.7 cm³/mol. The van der Waals surface area contributed by atoms with Crippen LogP contribution >= 0.6 is 11.8 Å². The molecular formula is C15H27NO3S. The van der Waals surface area contributed by atoms with E-state index in [-0.39, 0.29) is 11.9 Å². The fourth-order valence-electron chi connectivity index (χ4n) is 2.72. The van der Waals surface area contributed by atoms with Crippen LogP contribution in [0.5, 0.6) is 0 Å². The summed E-state index contributed by atoms with van der Waals surface area (Å²) in [5.74, 6) is -1.36. The molecule has 0 bridgehead atoms. The number of hydrogen-bond acceptors (Lipinski definition) is 4. The largest absolute Gasteiger partial charge is 0.465 e. The molecule has 20 heavy (non-hydrogen) atoms. The van der Waals surface area contributed by atoms with E-state index in [0.717, 1.165) is 19.3 Å². The van der Waals surface area contributed by atoms with Crippen molar-refractivity contribution in [1.29, 1.82) is 0 Å². The van der Waals surface area contributed by atoms with Crippen LogP contribution < -0.4 is 5.32 Å². The van der Waals surface area contributed by atoms with Crippen LogP contribution in [0.15, 0.2) is 0 Å². The highest BCUT2D eigenvalue weighted by Crippen LogP contribution is 2.31. The van der Waals surface area contributed by atoms with E-state index in [4.69, 9.17) is 4.74 Å². The molecule has 116 valence electrons. The first-order valence-electron chi connectivity index (χ1n) is 7.31. The highest BCUT2D eigenvalue weighted by atomic mass is 32.2. The van der Waals surface area contributed by atoms with Crippen LogP contribution in [0, 0.1) is 11.3 Å². The van der Waals surface area contributed by atoms with E-state index in [0.29, 0.717) is 11.9 Å². The number of esters is 1. The second kappa shape index (κ2) is 7.34. The second-order valence-corrected chi connectivity index (χ2v) is 7.45. The molecule has 0 aromatic heterocycles. The zero-order chi connectivity index (χ0) is 15.3. The Labute approximate surface area is 126 Å². The molecule has 1 fully saturated rings. The predicted octanol–water partition coefficient (Wildman–Crippen LogP) is 2.61. The molecular weight excluding hydrogens is 274 g/mol. The maximum atomic E-state index is 12.5. The van der Waals surface area contributed by atoms with Gasteiger partial charge in [0.25, 0.3) is 0 Å². The summed E-state index contributed by atoms with van der Waals surface area (Å²) in [4.78, 5) is 24.6. The lowest BCUT2D eigenvalue weighted by Crippen LogP contribution is -2.48. The maximum absolute atomic E-state index is 12.5. The van der Waals surface area contributed by atoms with Crippen molar-refractivity contribution in [2.75, 3.05) is 12.9 Å². The number of hydrogen-bond donors (Lipinski definition) is 1. The zero-order valence-electron chi connectivity index (χ0n) is 13.2. The summed E-state index contributed by atoms with van der Waals surface area (Å²) >= 11 is 1.79. The Balaban J connectivity index is 2.76. The van der Waals surface area contributed by atoms with Gasteiger partial charge < -0.3 is 10.1 Å². The SMILES string of the molecule is CCOC(=O)C(C(=O)NC1CCCC1SC)C(C)(C)C. The third-order valence-electron chi connectivity index (χ3n) is 3.73. The molecule has 4 nitrogen and oxygen atoms in total. The van der Waals surface area contributed by atoms with Gasteiger partial charge in [0, 0.05) is 11.3 Å². The number of rotatable bonds is 5. The average Bonchev–Trinajstić information content (AvgIpc) is 2.74. The Bertz CT molecular complexity index is 352. The van der Waals surface area contributed by atoms with Gasteiger partial charge in [0.05, 0.1) is 6.61 Å². The second-order valence-electron chi connectivity index (χ2n) is 6.37. The smallest absolute Gasteiger partial charge is 0.319 e. The van der Waals surface area contributed by atoms with Crippen LogP contribution in [0.25, 0.3) is 0 Å². The van der Waals surface area contributed by atoms with Crippen LogP contribution in [0.2, 0.25) is 0 Å². The summed E-state index contributed by atoms with van der Waals surface area (Å²) < 4.78 is 5.06. The Hall–Kier alpha value is -0.710. The van der Waals surface area contributed by atoms with Gasteiger partial charge in [0.2, 0.25) is 5.91 Å². The van der Waals surface area contributed by atoms with Crippen LogP contribution in [0.3, 0.4) is 0 Å². The fraction of sp³-hybridized carbons (Fsp3) is 0.867. The van der Waals surface area contributed by atoms with Gasteiger partial charge >= 0.3 is 5.97 Å². The van der Waals surface area contributed by atoms with Crippen LogP contribution in [0.1, 0.15) is 47.0 Å². The van der Waals surface area contributed by atoms with Gasteiger partial charge in [-0.15, -0.1) is 0 Å². The molecule has 0 aromatic rings. The number of ether oxygens (including phenoxy) is 1. The number of carbonyl (C=O) groups is 2. The van der Waals surface area contributed by atoms with E-state index in [1.165, 1.54) is 0 Å². The third kappa shape index (κ3) is 4.40. The Morgan fingerprint density at radius 2 is 2.00 bits per heavy atom. The molecule has 0 saturated heterocycles. The van der Waals surface area contributed by atoms with Crippen molar-refractivity contribution in [1.82, 2.24) is 5.32 Å². The van der Waals surface area contributed by atoms with Gasteiger partial charge in [-0.2, -0.15) is 11.8 Å². The maximum Gasteiger partial charge on any atom is 0.319 e. The van der Waals surface area contributed by atoms with E-state index in [2.05, 4.69) is 11.6 Å². The van der Waals surface area contributed by atoms with Crippen LogP contribution in [-0.2, 0) is 14.3 Å². The fourth-order valence-corrected chi connectivity index (χ4v) is 3.65. The summed E-state index contributed by atoms with van der Waals surface area (Å²) in [6.07, 6.45) is 5.33. The molecule has 1 rings (SSSR count). The van der Waals surface area contributed by atoms with Crippen molar-refractivity contribution in [2.45, 2.75) is 58.2 Å². The molecule has 3 atom stereocenters. The minimum atomic E-state index is -0.745. The van der Waals surface area contributed by atoms with E-state index < -0.39 is 17.3 Å². The topological polar surface area (TPSA) is 55.4 Å². The Morgan fingerprint density at radius 1 is 1.35 bits per heavy atom. The molecule has 1 amide bonds. The molecule has 0 aromatic carbocycles. The molecule has 1 N–H and O–H groups in total. The van der Waals surface area contributed by atoms with E-state index in [1.54, 1.807) is 18.7 Å². The van der Waals surface area contributed by atoms with Gasteiger partial charge in [-0.05, 0) is 31.4 Å². The molecule has 5 heteroatoms. The standard InChI is InChI=1S/C15H27NO3S/c1-6-19-14(18)12(15(2,3)4)13(17)16-10-8-7-9-11(10)20-5/h10-12H,6-9H2,1-5H3,(H,16,17). The van der Waals surface area contributed by atoms with Crippen molar-refractivity contribution >= 4 is 23.6 Å². The van der Waals surface area contributed by atoms with Gasteiger partial charge in [0.15, 0.2) is 0 Å². The highest BCUT2D eigenvalue weighted by molar-refractivity contribution is 7.99. The van der Waals surface area contributed by atoms with Crippen molar-refractivity contribution in [2.24, 2.45) is 11.3 Å².